The Morgan fingerprint density at radius 2 is 1.86 bits per heavy atom. The van der Waals surface area contributed by atoms with E-state index in [1.807, 2.05) is 6.07 Å². The van der Waals surface area contributed by atoms with Crippen LogP contribution in [0.5, 0.6) is 5.88 Å². The SMILES string of the molecule is CC1(C)CCOC1.N#Cc1ccc(COc2cccc(-c3cc(F)c(Cc4nc(-c5noc(=O)[nH]5)n[nH]4)cc3F)n2)c(F)c1. The molecular weight excluding hydrogens is 579 g/mol. The number of aromatic amines is 2. The van der Waals surface area contributed by atoms with Crippen molar-refractivity contribution in [2.75, 3.05) is 13.2 Å². The average molecular weight is 606 g/mol. The summed E-state index contributed by atoms with van der Waals surface area (Å²) in [4.78, 5) is 21.6. The molecule has 1 aliphatic heterocycles. The van der Waals surface area contributed by atoms with Crippen LogP contribution in [0.1, 0.15) is 42.8 Å². The Morgan fingerprint density at radius 3 is 2.52 bits per heavy atom. The first-order valence-electron chi connectivity index (χ1n) is 13.4. The Bertz CT molecular complexity index is 1870. The molecular formula is C30H26F3N7O4. The van der Waals surface area contributed by atoms with Gasteiger partial charge in [0.05, 0.1) is 23.9 Å². The van der Waals surface area contributed by atoms with Gasteiger partial charge >= 0.3 is 5.76 Å². The van der Waals surface area contributed by atoms with Crippen molar-refractivity contribution < 1.29 is 27.2 Å². The van der Waals surface area contributed by atoms with Crippen molar-refractivity contribution in [2.45, 2.75) is 33.3 Å². The molecule has 5 aromatic rings. The van der Waals surface area contributed by atoms with Crippen LogP contribution < -0.4 is 10.5 Å². The third-order valence-corrected chi connectivity index (χ3v) is 6.65. The second-order valence-corrected chi connectivity index (χ2v) is 10.7. The summed E-state index contributed by atoms with van der Waals surface area (Å²) in [5, 5.41) is 18.7. The quantitative estimate of drug-likeness (QED) is 0.258. The molecule has 2 aromatic carbocycles. The van der Waals surface area contributed by atoms with Crippen molar-refractivity contribution in [3.05, 3.63) is 99.0 Å². The summed E-state index contributed by atoms with van der Waals surface area (Å²) in [6.07, 6.45) is 1.11. The van der Waals surface area contributed by atoms with Gasteiger partial charge in [-0.15, -0.1) is 5.10 Å². The molecule has 0 atom stereocenters. The van der Waals surface area contributed by atoms with Gasteiger partial charge in [0.15, 0.2) is 0 Å². The number of nitrogens with zero attached hydrogens (tertiary/aromatic N) is 5. The first kappa shape index (κ1) is 30.2. The van der Waals surface area contributed by atoms with Crippen LogP contribution in [-0.2, 0) is 17.8 Å². The third kappa shape index (κ3) is 7.37. The van der Waals surface area contributed by atoms with E-state index in [9.17, 15) is 18.0 Å². The number of aromatic nitrogens is 6. The van der Waals surface area contributed by atoms with Crippen LogP contribution in [-0.4, -0.2) is 43.5 Å². The Balaban J connectivity index is 0.000000484. The molecule has 0 unspecified atom stereocenters. The molecule has 2 N–H and O–H groups in total. The summed E-state index contributed by atoms with van der Waals surface area (Å²) < 4.78 is 59.0. The molecule has 1 aliphatic rings. The van der Waals surface area contributed by atoms with Crippen LogP contribution in [0.25, 0.3) is 22.9 Å². The number of rotatable bonds is 7. The molecule has 11 nitrogen and oxygen atoms in total. The van der Waals surface area contributed by atoms with E-state index in [1.54, 1.807) is 6.07 Å². The molecule has 14 heteroatoms. The van der Waals surface area contributed by atoms with Gasteiger partial charge in [-0.3, -0.25) is 14.6 Å². The molecule has 0 amide bonds. The van der Waals surface area contributed by atoms with Crippen LogP contribution in [0, 0.1) is 34.2 Å². The maximum atomic E-state index is 15.0. The van der Waals surface area contributed by atoms with Crippen LogP contribution in [0.2, 0.25) is 0 Å². The van der Waals surface area contributed by atoms with Crippen molar-refractivity contribution in [2.24, 2.45) is 5.41 Å². The number of pyridine rings is 1. The molecule has 226 valence electrons. The third-order valence-electron chi connectivity index (χ3n) is 6.65. The van der Waals surface area contributed by atoms with Gasteiger partial charge in [0.25, 0.3) is 0 Å². The fourth-order valence-electron chi connectivity index (χ4n) is 4.21. The van der Waals surface area contributed by atoms with Crippen LogP contribution in [0.15, 0.2) is 57.8 Å². The molecule has 4 heterocycles. The highest BCUT2D eigenvalue weighted by molar-refractivity contribution is 5.61. The zero-order valence-corrected chi connectivity index (χ0v) is 23.7. The van der Waals surface area contributed by atoms with E-state index in [4.69, 9.17) is 14.7 Å². The molecule has 0 spiro atoms. The number of nitrogens with one attached hydrogen (secondary N) is 2. The summed E-state index contributed by atoms with van der Waals surface area (Å²) in [5.41, 5.74) is 0.865. The van der Waals surface area contributed by atoms with Crippen LogP contribution in [0.4, 0.5) is 13.2 Å². The normalized spacial score (nSPS) is 13.6. The minimum Gasteiger partial charge on any atom is -0.473 e. The lowest BCUT2D eigenvalue weighted by Gasteiger charge is -2.11. The van der Waals surface area contributed by atoms with Crippen molar-refractivity contribution in [3.8, 4) is 34.9 Å². The average Bonchev–Trinajstić information content (AvgIpc) is 3.75. The Hall–Kier alpha value is -5.29. The summed E-state index contributed by atoms with van der Waals surface area (Å²) in [7, 11) is 0. The van der Waals surface area contributed by atoms with Gasteiger partial charge in [-0.25, -0.2) is 27.9 Å². The highest BCUT2D eigenvalue weighted by Gasteiger charge is 2.23. The first-order chi connectivity index (χ1) is 21.1. The van der Waals surface area contributed by atoms with Crippen molar-refractivity contribution in [1.82, 2.24) is 30.3 Å². The Labute approximate surface area is 248 Å². The lowest BCUT2D eigenvalue weighted by Crippen LogP contribution is -2.08. The number of H-pyrrole nitrogens is 2. The fraction of sp³-hybridized carbons (Fsp3) is 0.267. The zero-order chi connectivity index (χ0) is 31.3. The molecule has 44 heavy (non-hydrogen) atoms. The molecule has 3 aromatic heterocycles. The van der Waals surface area contributed by atoms with E-state index < -0.39 is 23.2 Å². The minimum atomic E-state index is -0.783. The predicted octanol–water partition coefficient (Wildman–Crippen LogP) is 5.10. The van der Waals surface area contributed by atoms with Crippen molar-refractivity contribution in [3.63, 3.8) is 0 Å². The molecule has 0 radical (unpaired) electrons. The van der Waals surface area contributed by atoms with Crippen molar-refractivity contribution in [1.29, 1.82) is 5.26 Å². The van der Waals surface area contributed by atoms with Gasteiger partial charge in [-0.1, -0.05) is 31.1 Å². The van der Waals surface area contributed by atoms with E-state index in [-0.39, 0.29) is 64.3 Å². The van der Waals surface area contributed by atoms with Crippen LogP contribution >= 0.6 is 0 Å². The van der Waals surface area contributed by atoms with Gasteiger partial charge in [0.1, 0.15) is 29.9 Å². The smallest absolute Gasteiger partial charge is 0.439 e. The van der Waals surface area contributed by atoms with Gasteiger partial charge in [-0.05, 0) is 47.7 Å². The first-order valence-corrected chi connectivity index (χ1v) is 13.4. The van der Waals surface area contributed by atoms with Crippen LogP contribution in [0.3, 0.4) is 0 Å². The number of nitriles is 1. The number of halogens is 3. The highest BCUT2D eigenvalue weighted by atomic mass is 19.1. The molecule has 1 saturated heterocycles. The summed E-state index contributed by atoms with van der Waals surface area (Å²) >= 11 is 0. The second-order valence-electron chi connectivity index (χ2n) is 10.7. The molecule has 6 rings (SSSR count). The Kier molecular flexibility index (Phi) is 8.86. The van der Waals surface area contributed by atoms with E-state index in [0.717, 1.165) is 31.4 Å². The predicted molar refractivity (Wildman–Crippen MR) is 150 cm³/mol. The van der Waals surface area contributed by atoms with Gasteiger partial charge in [0.2, 0.25) is 17.5 Å². The number of hydrogen-bond acceptors (Lipinski definition) is 9. The topological polar surface area (TPSA) is 156 Å². The second kappa shape index (κ2) is 12.9. The lowest BCUT2D eigenvalue weighted by atomic mass is 9.94. The Morgan fingerprint density at radius 1 is 1.05 bits per heavy atom. The lowest BCUT2D eigenvalue weighted by molar-refractivity contribution is 0.167. The maximum Gasteiger partial charge on any atom is 0.439 e. The van der Waals surface area contributed by atoms with Crippen molar-refractivity contribution >= 4 is 0 Å². The van der Waals surface area contributed by atoms with E-state index in [2.05, 4.69) is 48.7 Å². The molecule has 0 saturated carbocycles. The molecule has 1 fully saturated rings. The van der Waals surface area contributed by atoms with Gasteiger partial charge in [0, 0.05) is 30.2 Å². The van der Waals surface area contributed by atoms with E-state index in [1.165, 1.54) is 30.7 Å². The monoisotopic (exact) mass is 605 g/mol. The fourth-order valence-corrected chi connectivity index (χ4v) is 4.21. The number of hydrogen-bond donors (Lipinski definition) is 2. The largest absolute Gasteiger partial charge is 0.473 e. The maximum absolute atomic E-state index is 15.0. The molecule has 0 aliphatic carbocycles. The zero-order valence-electron chi connectivity index (χ0n) is 23.7. The highest BCUT2D eigenvalue weighted by Crippen LogP contribution is 2.28. The molecule has 0 bridgehead atoms. The van der Waals surface area contributed by atoms with Gasteiger partial charge in [-0.2, -0.15) is 5.26 Å². The van der Waals surface area contributed by atoms with Gasteiger partial charge < -0.3 is 9.47 Å². The summed E-state index contributed by atoms with van der Waals surface area (Å²) in [5.74, 6) is -2.54. The standard InChI is InChI=1S/C24H14F3N7O3.C6H12O/c25-16-6-12(10-28)4-5-13(16)11-36-21-3-1-2-19(29-21)15-9-17(26)14(7-18(15)27)8-20-30-22(33-32-20)23-31-24(35)37-34-23;1-6(2)3-4-7-5-6/h1-7,9H,8,11H2,(H,30,32,33)(H,31,34,35);3-5H2,1-2H3. The van der Waals surface area contributed by atoms with E-state index >= 15 is 0 Å². The number of ether oxygens (including phenoxy) is 2. The van der Waals surface area contributed by atoms with E-state index in [0.29, 0.717) is 5.41 Å². The number of benzene rings is 2. The summed E-state index contributed by atoms with van der Waals surface area (Å²) in [6.45, 7) is 6.21. The minimum absolute atomic E-state index is 0.00120. The summed E-state index contributed by atoms with van der Waals surface area (Å²) in [6, 6.07) is 12.4.